The van der Waals surface area contributed by atoms with Crippen LogP contribution in [0.1, 0.15) is 12.8 Å². The summed E-state index contributed by atoms with van der Waals surface area (Å²) < 4.78 is 29.9. The molecule has 1 fully saturated rings. The molecule has 1 amide bonds. The van der Waals surface area contributed by atoms with Gasteiger partial charge in [0.25, 0.3) is 0 Å². The number of hydrogen-bond donors (Lipinski definition) is 1. The Labute approximate surface area is 117 Å². The second-order valence-corrected chi connectivity index (χ2v) is 6.92. The van der Waals surface area contributed by atoms with Gasteiger partial charge in [-0.2, -0.15) is 0 Å². The number of benzene rings is 1. The summed E-state index contributed by atoms with van der Waals surface area (Å²) in [5, 5.41) is 8.34. The van der Waals surface area contributed by atoms with Gasteiger partial charge in [0.15, 0.2) is 9.84 Å². The lowest BCUT2D eigenvalue weighted by Crippen LogP contribution is -2.41. The number of methoxy groups -OCH3 is 1. The highest BCUT2D eigenvalue weighted by Gasteiger charge is 2.32. The Morgan fingerprint density at radius 3 is 2.25 bits per heavy atom. The van der Waals surface area contributed by atoms with Gasteiger partial charge in [-0.25, -0.2) is 13.2 Å². The van der Waals surface area contributed by atoms with Gasteiger partial charge in [0.05, 0.1) is 17.3 Å². The van der Waals surface area contributed by atoms with Gasteiger partial charge in [0.2, 0.25) is 0 Å². The molecule has 0 spiro atoms. The summed E-state index contributed by atoms with van der Waals surface area (Å²) >= 11 is 0. The first-order chi connectivity index (χ1) is 9.45. The molecule has 0 bridgehead atoms. The number of ether oxygens (including phenoxy) is 1. The van der Waals surface area contributed by atoms with Crippen molar-refractivity contribution in [2.75, 3.05) is 20.2 Å². The van der Waals surface area contributed by atoms with Crippen molar-refractivity contribution in [1.29, 1.82) is 0 Å². The van der Waals surface area contributed by atoms with Crippen molar-refractivity contribution in [3.05, 3.63) is 24.3 Å². The monoisotopic (exact) mass is 299 g/mol. The molecule has 6 nitrogen and oxygen atoms in total. The fourth-order valence-corrected chi connectivity index (χ4v) is 4.05. The van der Waals surface area contributed by atoms with Crippen molar-refractivity contribution in [2.45, 2.75) is 23.0 Å². The van der Waals surface area contributed by atoms with Crippen molar-refractivity contribution in [3.8, 4) is 5.75 Å². The van der Waals surface area contributed by atoms with Crippen LogP contribution in [-0.2, 0) is 9.84 Å². The molecule has 1 heterocycles. The number of hydrogen-bond acceptors (Lipinski definition) is 4. The molecule has 1 aromatic carbocycles. The van der Waals surface area contributed by atoms with Crippen LogP contribution in [0.5, 0.6) is 5.75 Å². The van der Waals surface area contributed by atoms with E-state index in [1.165, 1.54) is 24.1 Å². The fourth-order valence-electron chi connectivity index (χ4n) is 2.32. The highest BCUT2D eigenvalue weighted by Crippen LogP contribution is 2.26. The molecular formula is C13H17NO5S. The lowest BCUT2D eigenvalue weighted by molar-refractivity contribution is 0.136. The van der Waals surface area contributed by atoms with Crippen LogP contribution in [-0.4, -0.2) is 50.0 Å². The maximum Gasteiger partial charge on any atom is 0.407 e. The third-order valence-corrected chi connectivity index (χ3v) is 5.82. The number of amides is 1. The van der Waals surface area contributed by atoms with Gasteiger partial charge >= 0.3 is 6.09 Å². The van der Waals surface area contributed by atoms with E-state index in [9.17, 15) is 13.2 Å². The average molecular weight is 299 g/mol. The first-order valence-electron chi connectivity index (χ1n) is 6.31. The van der Waals surface area contributed by atoms with Gasteiger partial charge in [-0.3, -0.25) is 0 Å². The predicted octanol–water partition coefficient (Wildman–Crippen LogP) is 1.61. The van der Waals surface area contributed by atoms with Crippen LogP contribution in [0, 0.1) is 0 Å². The van der Waals surface area contributed by atoms with Crippen LogP contribution in [0.25, 0.3) is 0 Å². The van der Waals surface area contributed by atoms with Crippen molar-refractivity contribution in [3.63, 3.8) is 0 Å². The Bertz CT molecular complexity index is 573. The van der Waals surface area contributed by atoms with E-state index in [1.54, 1.807) is 12.1 Å². The largest absolute Gasteiger partial charge is 0.497 e. The zero-order chi connectivity index (χ0) is 14.8. The molecule has 1 aliphatic heterocycles. The molecule has 1 aromatic rings. The van der Waals surface area contributed by atoms with Crippen molar-refractivity contribution in [2.24, 2.45) is 0 Å². The molecule has 1 aliphatic rings. The molecule has 2 rings (SSSR count). The normalized spacial score (nSPS) is 16.9. The van der Waals surface area contributed by atoms with Crippen molar-refractivity contribution >= 4 is 15.9 Å². The Hall–Kier alpha value is -1.76. The lowest BCUT2D eigenvalue weighted by atomic mass is 10.1. The van der Waals surface area contributed by atoms with Gasteiger partial charge in [-0.15, -0.1) is 0 Å². The summed E-state index contributed by atoms with van der Waals surface area (Å²) in [4.78, 5) is 12.3. The number of rotatable bonds is 3. The predicted molar refractivity (Wildman–Crippen MR) is 72.8 cm³/mol. The summed E-state index contributed by atoms with van der Waals surface area (Å²) in [6, 6.07) is 6.27. The molecule has 0 radical (unpaired) electrons. The van der Waals surface area contributed by atoms with Crippen LogP contribution >= 0.6 is 0 Å². The van der Waals surface area contributed by atoms with E-state index >= 15 is 0 Å². The van der Waals surface area contributed by atoms with Crippen LogP contribution in [0.2, 0.25) is 0 Å². The minimum absolute atomic E-state index is 0.257. The zero-order valence-electron chi connectivity index (χ0n) is 11.2. The number of likely N-dealkylation sites (tertiary alicyclic amines) is 1. The van der Waals surface area contributed by atoms with E-state index in [4.69, 9.17) is 9.84 Å². The second kappa shape index (κ2) is 5.70. The Kier molecular flexibility index (Phi) is 4.17. The SMILES string of the molecule is COc1ccc(S(=O)(=O)C2CCN(C(=O)O)CC2)cc1. The number of sulfone groups is 1. The topological polar surface area (TPSA) is 83.9 Å². The van der Waals surface area contributed by atoms with E-state index in [0.717, 1.165) is 0 Å². The van der Waals surface area contributed by atoms with Crippen LogP contribution in [0.3, 0.4) is 0 Å². The minimum atomic E-state index is -3.41. The minimum Gasteiger partial charge on any atom is -0.497 e. The standard InChI is InChI=1S/C13H17NO5S/c1-19-10-2-4-11(5-3-10)20(17,18)12-6-8-14(9-7-12)13(15)16/h2-5,12H,6-9H2,1H3,(H,15,16). The van der Waals surface area contributed by atoms with Crippen LogP contribution in [0.4, 0.5) is 4.79 Å². The van der Waals surface area contributed by atoms with E-state index in [1.807, 2.05) is 0 Å². The number of carbonyl (C=O) groups is 1. The van der Waals surface area contributed by atoms with Crippen molar-refractivity contribution in [1.82, 2.24) is 4.90 Å². The van der Waals surface area contributed by atoms with Gasteiger partial charge in [0.1, 0.15) is 5.75 Å². The molecule has 0 saturated carbocycles. The first-order valence-corrected chi connectivity index (χ1v) is 7.85. The van der Waals surface area contributed by atoms with Gasteiger partial charge in [0, 0.05) is 13.1 Å². The van der Waals surface area contributed by atoms with Gasteiger partial charge < -0.3 is 14.7 Å². The molecule has 0 aromatic heterocycles. The summed E-state index contributed by atoms with van der Waals surface area (Å²) in [6.45, 7) is 0.519. The number of piperidine rings is 1. The second-order valence-electron chi connectivity index (χ2n) is 4.69. The Morgan fingerprint density at radius 2 is 1.80 bits per heavy atom. The van der Waals surface area contributed by atoms with E-state index in [0.29, 0.717) is 18.6 Å². The molecule has 7 heteroatoms. The quantitative estimate of drug-likeness (QED) is 0.916. The van der Waals surface area contributed by atoms with E-state index in [2.05, 4.69) is 0 Å². The number of carboxylic acid groups (broad SMARTS) is 1. The lowest BCUT2D eigenvalue weighted by Gasteiger charge is -2.29. The summed E-state index contributed by atoms with van der Waals surface area (Å²) in [5.41, 5.74) is 0. The molecule has 0 aliphatic carbocycles. The smallest absolute Gasteiger partial charge is 0.407 e. The summed E-state index contributed by atoms with van der Waals surface area (Å²) in [6.07, 6.45) is -0.327. The van der Waals surface area contributed by atoms with Crippen molar-refractivity contribution < 1.29 is 23.1 Å². The molecule has 20 heavy (non-hydrogen) atoms. The molecule has 1 saturated heterocycles. The maximum atomic E-state index is 12.5. The highest BCUT2D eigenvalue weighted by molar-refractivity contribution is 7.92. The molecular weight excluding hydrogens is 282 g/mol. The fraction of sp³-hybridized carbons (Fsp3) is 0.462. The Morgan fingerprint density at radius 1 is 1.25 bits per heavy atom. The maximum absolute atomic E-state index is 12.5. The number of nitrogens with zero attached hydrogens (tertiary/aromatic N) is 1. The first kappa shape index (κ1) is 14.6. The van der Waals surface area contributed by atoms with Crippen LogP contribution < -0.4 is 4.74 Å². The average Bonchev–Trinajstić information content (AvgIpc) is 2.47. The van der Waals surface area contributed by atoms with Gasteiger partial charge in [-0.05, 0) is 37.1 Å². The third-order valence-electron chi connectivity index (χ3n) is 3.54. The van der Waals surface area contributed by atoms with Gasteiger partial charge in [-0.1, -0.05) is 0 Å². The highest BCUT2D eigenvalue weighted by atomic mass is 32.2. The Balaban J connectivity index is 2.13. The van der Waals surface area contributed by atoms with E-state index in [-0.39, 0.29) is 18.0 Å². The summed E-state index contributed by atoms with van der Waals surface area (Å²) in [5.74, 6) is 0.602. The molecule has 110 valence electrons. The van der Waals surface area contributed by atoms with E-state index < -0.39 is 21.2 Å². The summed E-state index contributed by atoms with van der Waals surface area (Å²) in [7, 11) is -1.89. The zero-order valence-corrected chi connectivity index (χ0v) is 12.0. The molecule has 0 atom stereocenters. The molecule has 1 N–H and O–H groups in total. The van der Waals surface area contributed by atoms with Crippen LogP contribution in [0.15, 0.2) is 29.2 Å². The third kappa shape index (κ3) is 2.87. The molecule has 0 unspecified atom stereocenters.